The summed E-state index contributed by atoms with van der Waals surface area (Å²) in [6, 6.07) is 21.7. The van der Waals surface area contributed by atoms with E-state index >= 15 is 0 Å². The number of benzene rings is 4. The number of pyridine rings is 1. The third kappa shape index (κ3) is 12.2. The molecule has 0 radical (unpaired) electrons. The van der Waals surface area contributed by atoms with Crippen LogP contribution in [0, 0.1) is 0 Å². The Morgan fingerprint density at radius 2 is 1.56 bits per heavy atom. The third-order valence-electron chi connectivity index (χ3n) is 9.22. The fourth-order valence-electron chi connectivity index (χ4n) is 6.35. The number of urea groups is 1. The van der Waals surface area contributed by atoms with Crippen molar-refractivity contribution < 1.29 is 46.4 Å². The van der Waals surface area contributed by atoms with Gasteiger partial charge in [0.05, 0.1) is 76.1 Å². The van der Waals surface area contributed by atoms with Crippen LogP contribution in [-0.4, -0.2) is 92.0 Å². The molecule has 1 heterocycles. The maximum atomic E-state index is 13.4. The van der Waals surface area contributed by atoms with Crippen molar-refractivity contribution in [1.82, 2.24) is 10.3 Å². The van der Waals surface area contributed by atoms with Gasteiger partial charge in [0.1, 0.15) is 23.1 Å². The fraction of sp³-hybridized carbons (Fsp3) is 0.341. The summed E-state index contributed by atoms with van der Waals surface area (Å²) < 4.78 is 61.1. The fourth-order valence-corrected chi connectivity index (χ4v) is 6.90. The Bertz CT molecular complexity index is 2440. The summed E-state index contributed by atoms with van der Waals surface area (Å²) in [7, 11) is 0.768. The Morgan fingerprint density at radius 1 is 0.836 bits per heavy atom. The summed E-state index contributed by atoms with van der Waals surface area (Å²) in [5, 5.41) is 7.45. The molecule has 0 fully saturated rings. The molecule has 0 aliphatic carbocycles. The first kappa shape index (κ1) is 45.9. The van der Waals surface area contributed by atoms with Gasteiger partial charge in [-0.1, -0.05) is 45.0 Å². The lowest BCUT2D eigenvalue weighted by Crippen LogP contribution is -2.36. The van der Waals surface area contributed by atoms with Crippen LogP contribution in [-0.2, 0) is 29.6 Å². The number of primary amides is 1. The molecule has 1 atom stereocenters. The number of hydrogen-bond acceptors (Lipinski definition) is 12. The van der Waals surface area contributed by atoms with Crippen molar-refractivity contribution in [3.63, 3.8) is 0 Å². The minimum atomic E-state index is -3.73. The molecule has 0 spiro atoms. The zero-order chi connectivity index (χ0) is 44.3. The average Bonchev–Trinajstić information content (AvgIpc) is 3.20. The number of carbonyl (C=O) groups is 2. The number of ether oxygens (including phenoxy) is 6. The summed E-state index contributed by atoms with van der Waals surface area (Å²) in [5.74, 6) is 1.55. The van der Waals surface area contributed by atoms with Gasteiger partial charge in [0.2, 0.25) is 10.0 Å². The number of aromatic nitrogens is 1. The van der Waals surface area contributed by atoms with Gasteiger partial charge in [-0.05, 0) is 60.4 Å². The predicted octanol–water partition coefficient (Wildman–Crippen LogP) is 7.47. The molecule has 3 amide bonds. The molecule has 1 aromatic heterocycles. The van der Waals surface area contributed by atoms with Crippen LogP contribution in [0.2, 0.25) is 0 Å². The number of nitrogens with one attached hydrogen (secondary N) is 3. The number of amides is 3. The van der Waals surface area contributed by atoms with Gasteiger partial charge in [-0.3, -0.25) is 14.4 Å². The lowest BCUT2D eigenvalue weighted by Gasteiger charge is -2.29. The first-order valence-electron chi connectivity index (χ1n) is 19.4. The van der Waals surface area contributed by atoms with Gasteiger partial charge in [0.15, 0.2) is 5.75 Å². The van der Waals surface area contributed by atoms with Crippen LogP contribution in [0.5, 0.6) is 23.0 Å². The SMILES string of the molecule is COCCOCCOC[C@H](C)NC(=O)c1ccc(Nc2cc(Oc3ccc(N(C(N)=O)c4cc(C(C)(C)C)cc(NS(C)(=O)=O)c4OC)c4ccccc34)ccn2)cc1OC. The predicted molar refractivity (Wildman–Crippen MR) is 237 cm³/mol. The zero-order valence-corrected chi connectivity index (χ0v) is 36.5. The lowest BCUT2D eigenvalue weighted by atomic mass is 9.86. The van der Waals surface area contributed by atoms with Gasteiger partial charge >= 0.3 is 6.03 Å². The molecule has 5 N–H and O–H groups in total. The molecule has 4 aromatic carbocycles. The maximum Gasteiger partial charge on any atom is 0.324 e. The second-order valence-corrected chi connectivity index (χ2v) is 16.8. The number of fused-ring (bicyclic) bond motifs is 1. The van der Waals surface area contributed by atoms with Gasteiger partial charge in [-0.2, -0.15) is 0 Å². The van der Waals surface area contributed by atoms with Gasteiger partial charge in [-0.25, -0.2) is 18.2 Å². The van der Waals surface area contributed by atoms with E-state index in [-0.39, 0.29) is 29.1 Å². The first-order chi connectivity index (χ1) is 29.0. The van der Waals surface area contributed by atoms with Crippen molar-refractivity contribution in [2.24, 2.45) is 5.73 Å². The van der Waals surface area contributed by atoms with Crippen LogP contribution in [0.4, 0.5) is 33.4 Å². The van der Waals surface area contributed by atoms with Crippen LogP contribution in [0.25, 0.3) is 10.8 Å². The summed E-state index contributed by atoms with van der Waals surface area (Å²) in [4.78, 5) is 32.3. The molecular weight excluding hydrogens is 805 g/mol. The van der Waals surface area contributed by atoms with E-state index in [9.17, 15) is 18.0 Å². The van der Waals surface area contributed by atoms with E-state index < -0.39 is 21.5 Å². The summed E-state index contributed by atoms with van der Waals surface area (Å²) in [6.07, 6.45) is 2.63. The number of nitrogens with zero attached hydrogens (tertiary/aromatic N) is 2. The number of hydrogen-bond donors (Lipinski definition) is 4. The molecule has 17 heteroatoms. The average molecular weight is 859 g/mol. The Balaban J connectivity index is 1.37. The van der Waals surface area contributed by atoms with Crippen LogP contribution in [0.3, 0.4) is 0 Å². The van der Waals surface area contributed by atoms with Crippen LogP contribution in [0.1, 0.15) is 43.6 Å². The number of carbonyl (C=O) groups excluding carboxylic acids is 2. The van der Waals surface area contributed by atoms with E-state index in [1.165, 1.54) is 19.1 Å². The quantitative estimate of drug-likeness (QED) is 0.0564. The molecule has 61 heavy (non-hydrogen) atoms. The van der Waals surface area contributed by atoms with Crippen molar-refractivity contribution in [3.8, 4) is 23.0 Å². The standard InChI is InChI=1S/C44H54N6O10S/c1-28(27-59-22-21-58-20-19-55-5)47-42(51)34-14-13-30(25-39(34)56-6)48-40-26-31(17-18-46-40)60-38-16-15-36(32-11-9-10-12-33(32)38)50(43(45)52)37-24-29(44(2,3)4)23-35(41(37)57-7)49-61(8,53)54/h9-18,23-26,28,49H,19-22,27H2,1-8H3,(H2,45,52)(H,46,48)(H,47,51)/t28-/m0/s1. The molecule has 0 aliphatic heterocycles. The molecule has 0 saturated heterocycles. The summed E-state index contributed by atoms with van der Waals surface area (Å²) in [6.45, 7) is 9.90. The topological polar surface area (TPSA) is 202 Å². The van der Waals surface area contributed by atoms with Gasteiger partial charge in [0, 0.05) is 47.9 Å². The molecule has 0 unspecified atom stereocenters. The number of anilines is 5. The van der Waals surface area contributed by atoms with Crippen molar-refractivity contribution in [3.05, 3.63) is 96.2 Å². The number of sulfonamides is 1. The molecule has 16 nitrogen and oxygen atoms in total. The molecule has 0 bridgehead atoms. The van der Waals surface area contributed by atoms with E-state index in [4.69, 9.17) is 34.2 Å². The van der Waals surface area contributed by atoms with Crippen molar-refractivity contribution in [1.29, 1.82) is 0 Å². The smallest absolute Gasteiger partial charge is 0.324 e. The Labute approximate surface area is 356 Å². The number of methoxy groups -OCH3 is 3. The number of rotatable bonds is 20. The van der Waals surface area contributed by atoms with E-state index in [0.717, 1.165) is 11.8 Å². The molecule has 5 rings (SSSR count). The molecule has 5 aromatic rings. The van der Waals surface area contributed by atoms with Crippen molar-refractivity contribution in [2.75, 3.05) is 75.6 Å². The monoisotopic (exact) mass is 858 g/mol. The van der Waals surface area contributed by atoms with E-state index in [1.807, 2.05) is 52.0 Å². The largest absolute Gasteiger partial charge is 0.496 e. The highest BCUT2D eigenvalue weighted by atomic mass is 32.2. The Morgan fingerprint density at radius 3 is 2.23 bits per heavy atom. The Hall–Kier alpha value is -6.14. The van der Waals surface area contributed by atoms with E-state index in [1.54, 1.807) is 67.9 Å². The van der Waals surface area contributed by atoms with Crippen molar-refractivity contribution >= 4 is 61.3 Å². The van der Waals surface area contributed by atoms with E-state index in [2.05, 4.69) is 20.3 Å². The molecule has 0 aliphatic rings. The second-order valence-electron chi connectivity index (χ2n) is 15.1. The lowest BCUT2D eigenvalue weighted by molar-refractivity contribution is 0.0204. The summed E-state index contributed by atoms with van der Waals surface area (Å²) in [5.41, 5.74) is 8.17. The molecule has 0 saturated carbocycles. The van der Waals surface area contributed by atoms with Crippen LogP contribution < -0.4 is 40.2 Å². The minimum absolute atomic E-state index is 0.112. The van der Waals surface area contributed by atoms with Gasteiger partial charge < -0.3 is 44.8 Å². The highest BCUT2D eigenvalue weighted by Crippen LogP contribution is 2.46. The van der Waals surface area contributed by atoms with Crippen molar-refractivity contribution in [2.45, 2.75) is 39.2 Å². The molecular formula is C44H54N6O10S. The number of nitrogens with two attached hydrogens (primary N) is 1. The second kappa shape index (κ2) is 20.4. The van der Waals surface area contributed by atoms with E-state index in [0.29, 0.717) is 83.8 Å². The highest BCUT2D eigenvalue weighted by Gasteiger charge is 2.28. The first-order valence-corrected chi connectivity index (χ1v) is 21.3. The maximum absolute atomic E-state index is 13.4. The normalized spacial score (nSPS) is 12.1. The highest BCUT2D eigenvalue weighted by molar-refractivity contribution is 7.92. The molecule has 326 valence electrons. The van der Waals surface area contributed by atoms with Crippen LogP contribution >= 0.6 is 0 Å². The van der Waals surface area contributed by atoms with Crippen LogP contribution in [0.15, 0.2) is 85.1 Å². The minimum Gasteiger partial charge on any atom is -0.496 e. The zero-order valence-electron chi connectivity index (χ0n) is 35.7. The Kier molecular flexibility index (Phi) is 15.4. The third-order valence-corrected chi connectivity index (χ3v) is 9.82. The summed E-state index contributed by atoms with van der Waals surface area (Å²) >= 11 is 0. The van der Waals surface area contributed by atoms with Gasteiger partial charge in [0.25, 0.3) is 5.91 Å². The van der Waals surface area contributed by atoms with Gasteiger partial charge in [-0.15, -0.1) is 0 Å².